The van der Waals surface area contributed by atoms with E-state index in [4.69, 9.17) is 5.26 Å². The van der Waals surface area contributed by atoms with E-state index in [0.717, 1.165) is 21.8 Å². The maximum Gasteiger partial charge on any atom is 0.237 e. The first-order valence-electron chi connectivity index (χ1n) is 7.78. The highest BCUT2D eigenvalue weighted by molar-refractivity contribution is 8.00. The van der Waals surface area contributed by atoms with Gasteiger partial charge in [-0.05, 0) is 44.2 Å². The molecule has 0 radical (unpaired) electrons. The van der Waals surface area contributed by atoms with Crippen LogP contribution in [0.5, 0.6) is 0 Å². The van der Waals surface area contributed by atoms with E-state index < -0.39 is 0 Å². The van der Waals surface area contributed by atoms with Gasteiger partial charge in [0, 0.05) is 5.69 Å². The van der Waals surface area contributed by atoms with E-state index in [2.05, 4.69) is 21.4 Å². The van der Waals surface area contributed by atoms with Gasteiger partial charge in [-0.2, -0.15) is 5.26 Å². The third-order valence-electron chi connectivity index (χ3n) is 3.62. The van der Waals surface area contributed by atoms with Crippen molar-refractivity contribution in [2.24, 2.45) is 0 Å². The van der Waals surface area contributed by atoms with Crippen LogP contribution in [0.1, 0.15) is 18.2 Å². The molecule has 2 aromatic carbocycles. The van der Waals surface area contributed by atoms with Crippen LogP contribution >= 0.6 is 11.8 Å². The Morgan fingerprint density at radius 2 is 1.88 bits per heavy atom. The smallest absolute Gasteiger partial charge is 0.237 e. The zero-order valence-electron chi connectivity index (χ0n) is 13.9. The molecule has 1 N–H and O–H groups in total. The summed E-state index contributed by atoms with van der Waals surface area (Å²) >= 11 is 1.37. The lowest BCUT2D eigenvalue weighted by atomic mass is 10.2. The molecule has 6 heteroatoms. The summed E-state index contributed by atoms with van der Waals surface area (Å²) in [5, 5.41) is 12.2. The second kappa shape index (κ2) is 7.32. The summed E-state index contributed by atoms with van der Waals surface area (Å²) < 4.78 is 0. The van der Waals surface area contributed by atoms with E-state index in [-0.39, 0.29) is 11.2 Å². The van der Waals surface area contributed by atoms with Crippen LogP contribution in [0.3, 0.4) is 0 Å². The number of nitrogens with one attached hydrogen (secondary N) is 1. The first-order valence-corrected chi connectivity index (χ1v) is 8.66. The van der Waals surface area contributed by atoms with Crippen LogP contribution in [0.15, 0.2) is 53.6 Å². The zero-order valence-corrected chi connectivity index (χ0v) is 14.7. The Labute approximate surface area is 150 Å². The molecule has 1 heterocycles. The molecule has 0 saturated heterocycles. The molecule has 1 atom stereocenters. The number of aryl methyl sites for hydroxylation is 1. The summed E-state index contributed by atoms with van der Waals surface area (Å²) in [4.78, 5) is 21.6. The normalized spacial score (nSPS) is 11.7. The van der Waals surface area contributed by atoms with Gasteiger partial charge in [0.1, 0.15) is 5.03 Å². The van der Waals surface area contributed by atoms with Crippen LogP contribution in [0.25, 0.3) is 11.0 Å². The Morgan fingerprint density at radius 3 is 2.60 bits per heavy atom. The van der Waals surface area contributed by atoms with Gasteiger partial charge >= 0.3 is 0 Å². The highest BCUT2D eigenvalue weighted by Crippen LogP contribution is 2.26. The summed E-state index contributed by atoms with van der Waals surface area (Å²) in [6.07, 6.45) is 0. The Balaban J connectivity index is 1.75. The molecule has 0 fully saturated rings. The molecule has 1 aromatic heterocycles. The number of hydrogen-bond donors (Lipinski definition) is 1. The lowest BCUT2D eigenvalue weighted by molar-refractivity contribution is -0.115. The number of para-hydroxylation sites is 2. The number of carbonyl (C=O) groups excluding carboxylic acids is 1. The maximum atomic E-state index is 12.4. The molecule has 1 amide bonds. The fourth-order valence-corrected chi connectivity index (χ4v) is 3.18. The second-order valence-corrected chi connectivity index (χ2v) is 6.87. The van der Waals surface area contributed by atoms with E-state index in [1.165, 1.54) is 11.8 Å². The number of rotatable bonds is 4. The molecule has 124 valence electrons. The van der Waals surface area contributed by atoms with Gasteiger partial charge in [-0.15, -0.1) is 0 Å². The minimum absolute atomic E-state index is 0.144. The summed E-state index contributed by atoms with van der Waals surface area (Å²) in [7, 11) is 0. The number of carbonyl (C=O) groups is 1. The standard InChI is InChI=1S/C19H16N4OS/c1-12-19(23-17-9-4-3-8-16(17)21-12)25-13(2)18(24)22-15-7-5-6-14(10-15)11-20/h3-10,13H,1-2H3,(H,22,24). The van der Waals surface area contributed by atoms with Gasteiger partial charge in [0.15, 0.2) is 0 Å². The fourth-order valence-electron chi connectivity index (χ4n) is 2.32. The van der Waals surface area contributed by atoms with Gasteiger partial charge in [0.05, 0.1) is 33.6 Å². The zero-order chi connectivity index (χ0) is 17.8. The SMILES string of the molecule is Cc1nc2ccccc2nc1SC(C)C(=O)Nc1cccc(C#N)c1. The molecule has 3 rings (SSSR count). The quantitative estimate of drug-likeness (QED) is 0.723. The van der Waals surface area contributed by atoms with Crippen LogP contribution in [0.2, 0.25) is 0 Å². The number of nitrogens with zero attached hydrogens (tertiary/aromatic N) is 3. The van der Waals surface area contributed by atoms with E-state index >= 15 is 0 Å². The number of fused-ring (bicyclic) bond motifs is 1. The average molecular weight is 348 g/mol. The number of anilines is 1. The number of thioether (sulfide) groups is 1. The predicted octanol–water partition coefficient (Wildman–Crippen LogP) is 3.93. The molecule has 0 aliphatic rings. The Kier molecular flexibility index (Phi) is 4.96. The summed E-state index contributed by atoms with van der Waals surface area (Å²) in [6, 6.07) is 16.6. The average Bonchev–Trinajstić information content (AvgIpc) is 2.62. The van der Waals surface area contributed by atoms with Gasteiger partial charge in [-0.1, -0.05) is 30.0 Å². The highest BCUT2D eigenvalue weighted by Gasteiger charge is 2.17. The van der Waals surface area contributed by atoms with Crippen molar-refractivity contribution >= 4 is 34.4 Å². The third-order valence-corrected chi connectivity index (χ3v) is 4.80. The van der Waals surface area contributed by atoms with Crippen molar-refractivity contribution in [3.05, 3.63) is 59.8 Å². The molecular weight excluding hydrogens is 332 g/mol. The van der Waals surface area contributed by atoms with Crippen molar-refractivity contribution in [3.63, 3.8) is 0 Å². The highest BCUT2D eigenvalue weighted by atomic mass is 32.2. The molecule has 25 heavy (non-hydrogen) atoms. The van der Waals surface area contributed by atoms with E-state index in [0.29, 0.717) is 11.3 Å². The predicted molar refractivity (Wildman–Crippen MR) is 99.4 cm³/mol. The van der Waals surface area contributed by atoms with Crippen molar-refractivity contribution in [3.8, 4) is 6.07 Å². The number of hydrogen-bond acceptors (Lipinski definition) is 5. The Hall–Kier alpha value is -2.91. The van der Waals surface area contributed by atoms with E-state index in [1.54, 1.807) is 24.3 Å². The molecule has 0 saturated carbocycles. The van der Waals surface area contributed by atoms with Crippen molar-refractivity contribution < 1.29 is 4.79 Å². The molecule has 0 aliphatic carbocycles. The largest absolute Gasteiger partial charge is 0.325 e. The Morgan fingerprint density at radius 1 is 1.16 bits per heavy atom. The van der Waals surface area contributed by atoms with Gasteiger partial charge in [0.25, 0.3) is 0 Å². The third kappa shape index (κ3) is 3.95. The molecule has 0 aliphatic heterocycles. The van der Waals surface area contributed by atoms with Gasteiger partial charge in [-0.3, -0.25) is 4.79 Å². The molecular formula is C19H16N4OS. The van der Waals surface area contributed by atoms with Gasteiger partial charge in [-0.25, -0.2) is 9.97 Å². The lowest BCUT2D eigenvalue weighted by Crippen LogP contribution is -2.22. The molecule has 0 spiro atoms. The van der Waals surface area contributed by atoms with Crippen LogP contribution in [-0.4, -0.2) is 21.1 Å². The van der Waals surface area contributed by atoms with Crippen molar-refractivity contribution in [1.82, 2.24) is 9.97 Å². The first-order chi connectivity index (χ1) is 12.1. The van der Waals surface area contributed by atoms with Crippen LogP contribution in [0, 0.1) is 18.3 Å². The topological polar surface area (TPSA) is 78.7 Å². The van der Waals surface area contributed by atoms with Crippen molar-refractivity contribution in [1.29, 1.82) is 5.26 Å². The summed E-state index contributed by atoms with van der Waals surface area (Å²) in [5.74, 6) is -0.144. The van der Waals surface area contributed by atoms with Crippen LogP contribution < -0.4 is 5.32 Å². The Bertz CT molecular complexity index is 981. The number of benzene rings is 2. The van der Waals surface area contributed by atoms with Crippen molar-refractivity contribution in [2.45, 2.75) is 24.1 Å². The van der Waals surface area contributed by atoms with E-state index in [9.17, 15) is 4.79 Å². The van der Waals surface area contributed by atoms with Crippen LogP contribution in [-0.2, 0) is 4.79 Å². The van der Waals surface area contributed by atoms with Gasteiger partial charge < -0.3 is 5.32 Å². The monoisotopic (exact) mass is 348 g/mol. The molecule has 0 bridgehead atoms. The maximum absolute atomic E-state index is 12.4. The molecule has 1 unspecified atom stereocenters. The van der Waals surface area contributed by atoms with Crippen LogP contribution in [0.4, 0.5) is 5.69 Å². The number of nitriles is 1. The number of amides is 1. The second-order valence-electron chi connectivity index (χ2n) is 5.54. The lowest BCUT2D eigenvalue weighted by Gasteiger charge is -2.13. The van der Waals surface area contributed by atoms with Crippen molar-refractivity contribution in [2.75, 3.05) is 5.32 Å². The minimum Gasteiger partial charge on any atom is -0.325 e. The van der Waals surface area contributed by atoms with E-state index in [1.807, 2.05) is 38.1 Å². The molecule has 3 aromatic rings. The first kappa shape index (κ1) is 16.9. The fraction of sp³-hybridized carbons (Fsp3) is 0.158. The summed E-state index contributed by atoms with van der Waals surface area (Å²) in [6.45, 7) is 3.72. The van der Waals surface area contributed by atoms with Gasteiger partial charge in [0.2, 0.25) is 5.91 Å². The number of aromatic nitrogens is 2. The minimum atomic E-state index is -0.347. The summed E-state index contributed by atoms with van der Waals surface area (Å²) in [5.41, 5.74) is 3.57. The molecule has 5 nitrogen and oxygen atoms in total.